The highest BCUT2D eigenvalue weighted by molar-refractivity contribution is 5.97. The summed E-state index contributed by atoms with van der Waals surface area (Å²) in [6.07, 6.45) is -1.43. The number of aliphatic imine (C=N–C) groups is 1. The van der Waals surface area contributed by atoms with Crippen molar-refractivity contribution in [3.63, 3.8) is 0 Å². The van der Waals surface area contributed by atoms with Crippen molar-refractivity contribution in [3.05, 3.63) is 53.4 Å². The van der Waals surface area contributed by atoms with Crippen LogP contribution in [0, 0.1) is 0 Å². The number of hydrogen-bond donors (Lipinski definition) is 0. The number of halogens is 3. The smallest absolute Gasteiger partial charge is 0.425 e. The van der Waals surface area contributed by atoms with Crippen LogP contribution in [0.5, 0.6) is 0 Å². The third-order valence-electron chi connectivity index (χ3n) is 3.26. The Morgan fingerprint density at radius 2 is 1.62 bits per heavy atom. The Kier molecular flexibility index (Phi) is 8.07. The topological polar surface area (TPSA) is 43.7 Å². The molecule has 0 fully saturated rings. The Hall–Kier alpha value is -2.31. The van der Waals surface area contributed by atoms with E-state index in [0.717, 1.165) is 0 Å². The van der Waals surface area contributed by atoms with Crippen LogP contribution in [-0.4, -0.2) is 28.1 Å². The fraction of sp³-hybridized carbons (Fsp3) is 0.545. The van der Waals surface area contributed by atoms with Crippen LogP contribution in [-0.2, 0) is 9.47 Å². The van der Waals surface area contributed by atoms with E-state index in [1.54, 1.807) is 79.8 Å². The molecule has 7 heteroatoms. The SMILES string of the molecule is CC/C=C(OC(C)(C)C)/C(=C(\N=C(/C)c1ccccn1)OC(C)(C)C)C(F)(F)F. The highest BCUT2D eigenvalue weighted by Crippen LogP contribution is 2.38. The zero-order chi connectivity index (χ0) is 22.5. The summed E-state index contributed by atoms with van der Waals surface area (Å²) in [7, 11) is 0. The van der Waals surface area contributed by atoms with Crippen LogP contribution < -0.4 is 0 Å². The minimum absolute atomic E-state index is 0.302. The van der Waals surface area contributed by atoms with Crippen molar-refractivity contribution >= 4 is 5.71 Å². The minimum Gasteiger partial charge on any atom is -0.488 e. The standard InChI is InChI=1S/C22H31F3N2O2/c1-9-12-17(28-20(3,4)5)18(22(23,24)25)19(29-21(6,7)8)27-15(2)16-13-10-11-14-26-16/h10-14H,9H2,1-8H3/b17-12-,19-18-,27-15+. The normalized spacial score (nSPS) is 15.1. The molecule has 0 unspecified atom stereocenters. The van der Waals surface area contributed by atoms with Crippen molar-refractivity contribution in [2.75, 3.05) is 0 Å². The summed E-state index contributed by atoms with van der Waals surface area (Å²) in [4.78, 5) is 8.36. The summed E-state index contributed by atoms with van der Waals surface area (Å²) >= 11 is 0. The molecule has 0 saturated carbocycles. The first-order valence-corrected chi connectivity index (χ1v) is 9.51. The van der Waals surface area contributed by atoms with Crippen LogP contribution in [0.4, 0.5) is 13.2 Å². The first-order valence-electron chi connectivity index (χ1n) is 9.51. The Morgan fingerprint density at radius 1 is 1.03 bits per heavy atom. The third kappa shape index (κ3) is 8.71. The summed E-state index contributed by atoms with van der Waals surface area (Å²) in [5, 5.41) is 0. The van der Waals surface area contributed by atoms with Gasteiger partial charge in [0.1, 0.15) is 17.0 Å². The number of rotatable bonds is 6. The van der Waals surface area contributed by atoms with Gasteiger partial charge in [0.15, 0.2) is 5.57 Å². The number of alkyl halides is 3. The first kappa shape index (κ1) is 24.7. The van der Waals surface area contributed by atoms with E-state index < -0.39 is 28.8 Å². The zero-order valence-electron chi connectivity index (χ0n) is 18.4. The average Bonchev–Trinajstić information content (AvgIpc) is 2.51. The summed E-state index contributed by atoms with van der Waals surface area (Å²) in [6, 6.07) is 5.14. The lowest BCUT2D eigenvalue weighted by atomic mass is 10.1. The van der Waals surface area contributed by atoms with Crippen molar-refractivity contribution in [1.29, 1.82) is 0 Å². The van der Waals surface area contributed by atoms with Gasteiger partial charge in [-0.2, -0.15) is 13.2 Å². The van der Waals surface area contributed by atoms with Crippen LogP contribution in [0.3, 0.4) is 0 Å². The Bertz CT molecular complexity index is 766. The monoisotopic (exact) mass is 412 g/mol. The summed E-state index contributed by atoms with van der Waals surface area (Å²) in [6.45, 7) is 13.4. The van der Waals surface area contributed by atoms with Crippen molar-refractivity contribution < 1.29 is 22.6 Å². The predicted molar refractivity (Wildman–Crippen MR) is 110 cm³/mol. The maximum atomic E-state index is 14.2. The molecule has 0 radical (unpaired) electrons. The number of aromatic nitrogens is 1. The maximum Gasteiger partial charge on any atom is 0.425 e. The number of hydrogen-bond acceptors (Lipinski definition) is 4. The van der Waals surface area contributed by atoms with Gasteiger partial charge in [0, 0.05) is 6.20 Å². The van der Waals surface area contributed by atoms with E-state index in [0.29, 0.717) is 17.8 Å². The van der Waals surface area contributed by atoms with Gasteiger partial charge in [0.2, 0.25) is 5.88 Å². The van der Waals surface area contributed by atoms with Gasteiger partial charge in [0.25, 0.3) is 0 Å². The van der Waals surface area contributed by atoms with Crippen molar-refractivity contribution in [1.82, 2.24) is 4.98 Å². The molecule has 0 atom stereocenters. The van der Waals surface area contributed by atoms with E-state index in [1.807, 2.05) is 0 Å². The second-order valence-electron chi connectivity index (χ2n) is 8.50. The van der Waals surface area contributed by atoms with Gasteiger partial charge >= 0.3 is 6.18 Å². The molecular formula is C22H31F3N2O2. The molecule has 1 aromatic heterocycles. The molecule has 0 aliphatic heterocycles. The largest absolute Gasteiger partial charge is 0.488 e. The second kappa shape index (κ2) is 9.46. The van der Waals surface area contributed by atoms with Crippen molar-refractivity contribution in [3.8, 4) is 0 Å². The average molecular weight is 412 g/mol. The summed E-state index contributed by atoms with van der Waals surface area (Å²) < 4.78 is 54.0. The lowest BCUT2D eigenvalue weighted by Gasteiger charge is -2.29. The van der Waals surface area contributed by atoms with Gasteiger partial charge in [-0.15, -0.1) is 0 Å². The van der Waals surface area contributed by atoms with E-state index in [9.17, 15) is 13.2 Å². The third-order valence-corrected chi connectivity index (χ3v) is 3.26. The van der Waals surface area contributed by atoms with Gasteiger partial charge in [-0.3, -0.25) is 4.98 Å². The second-order valence-corrected chi connectivity index (χ2v) is 8.50. The number of pyridine rings is 1. The minimum atomic E-state index is -4.74. The Labute approximate surface area is 171 Å². The van der Waals surface area contributed by atoms with E-state index >= 15 is 0 Å². The van der Waals surface area contributed by atoms with Gasteiger partial charge in [0.05, 0.1) is 11.4 Å². The van der Waals surface area contributed by atoms with Crippen LogP contribution in [0.1, 0.15) is 67.5 Å². The van der Waals surface area contributed by atoms with Gasteiger partial charge in [-0.25, -0.2) is 4.99 Å². The zero-order valence-corrected chi connectivity index (χ0v) is 18.4. The fourth-order valence-corrected chi connectivity index (χ4v) is 2.28. The number of ether oxygens (including phenoxy) is 2. The molecule has 0 spiro atoms. The maximum absolute atomic E-state index is 14.2. The van der Waals surface area contributed by atoms with E-state index in [2.05, 4.69) is 9.98 Å². The van der Waals surface area contributed by atoms with Crippen molar-refractivity contribution in [2.24, 2.45) is 4.99 Å². The van der Waals surface area contributed by atoms with Crippen molar-refractivity contribution in [2.45, 2.75) is 79.2 Å². The van der Waals surface area contributed by atoms with Crippen LogP contribution >= 0.6 is 0 Å². The quantitative estimate of drug-likeness (QED) is 0.301. The van der Waals surface area contributed by atoms with Gasteiger partial charge < -0.3 is 9.47 Å². The molecule has 0 aliphatic rings. The molecule has 0 aliphatic carbocycles. The predicted octanol–water partition coefficient (Wildman–Crippen LogP) is 6.59. The number of allylic oxidation sites excluding steroid dienone is 2. The highest BCUT2D eigenvalue weighted by Gasteiger charge is 2.43. The summed E-state index contributed by atoms with van der Waals surface area (Å²) in [5.74, 6) is -0.846. The molecular weight excluding hydrogens is 381 g/mol. The highest BCUT2D eigenvalue weighted by atomic mass is 19.4. The van der Waals surface area contributed by atoms with E-state index in [-0.39, 0.29) is 5.76 Å². The molecule has 1 rings (SSSR count). The van der Waals surface area contributed by atoms with Gasteiger partial charge in [-0.1, -0.05) is 13.0 Å². The molecule has 162 valence electrons. The first-order chi connectivity index (χ1) is 13.1. The molecule has 4 nitrogen and oxygen atoms in total. The molecule has 0 aromatic carbocycles. The van der Waals surface area contributed by atoms with Crippen LogP contribution in [0.25, 0.3) is 0 Å². The van der Waals surface area contributed by atoms with Crippen LogP contribution in [0.15, 0.2) is 52.7 Å². The lowest BCUT2D eigenvalue weighted by molar-refractivity contribution is -0.104. The molecule has 1 heterocycles. The molecule has 0 N–H and O–H groups in total. The van der Waals surface area contributed by atoms with Gasteiger partial charge in [-0.05, 0) is 73.1 Å². The Morgan fingerprint density at radius 3 is 2.03 bits per heavy atom. The number of nitrogens with zero attached hydrogens (tertiary/aromatic N) is 2. The fourth-order valence-electron chi connectivity index (χ4n) is 2.28. The molecule has 0 amide bonds. The molecule has 29 heavy (non-hydrogen) atoms. The van der Waals surface area contributed by atoms with E-state index in [1.165, 1.54) is 6.08 Å². The lowest BCUT2D eigenvalue weighted by Crippen LogP contribution is -2.27. The molecule has 0 saturated heterocycles. The molecule has 1 aromatic rings. The summed E-state index contributed by atoms with van der Waals surface area (Å²) in [5.41, 5.74) is -2.01. The van der Waals surface area contributed by atoms with Crippen LogP contribution in [0.2, 0.25) is 0 Å². The molecule has 0 bridgehead atoms. The Balaban J connectivity index is 3.78. The van der Waals surface area contributed by atoms with E-state index in [4.69, 9.17) is 9.47 Å².